The normalized spacial score (nSPS) is 9.67. The molecule has 0 aliphatic heterocycles. The van der Waals surface area contributed by atoms with Crippen LogP contribution in [-0.4, -0.2) is 23.1 Å². The fraction of sp³-hybridized carbons (Fsp3) is 0.125. The van der Waals surface area contributed by atoms with E-state index in [9.17, 15) is 25.1 Å². The molecule has 80 valence electrons. The van der Waals surface area contributed by atoms with Crippen LogP contribution in [0.1, 0.15) is 10.4 Å². The third-order valence-corrected chi connectivity index (χ3v) is 1.68. The van der Waals surface area contributed by atoms with Crippen molar-refractivity contribution in [3.63, 3.8) is 0 Å². The van der Waals surface area contributed by atoms with Crippen LogP contribution in [0, 0.1) is 10.1 Å². The van der Waals surface area contributed by atoms with Gasteiger partial charge in [0.2, 0.25) is 0 Å². The van der Waals surface area contributed by atoms with Gasteiger partial charge in [0.15, 0.2) is 0 Å². The molecule has 0 spiro atoms. The topological polar surface area (TPSA) is 113 Å². The number of hydrogen-bond donors (Lipinski definition) is 1. The molecule has 0 fully saturated rings. The van der Waals surface area contributed by atoms with E-state index in [4.69, 9.17) is 0 Å². The summed E-state index contributed by atoms with van der Waals surface area (Å²) in [4.78, 5) is 20.4. The van der Waals surface area contributed by atoms with Crippen molar-refractivity contribution >= 4 is 11.7 Å². The highest BCUT2D eigenvalue weighted by atomic mass is 16.6. The summed E-state index contributed by atoms with van der Waals surface area (Å²) in [6.45, 7) is 0. The van der Waals surface area contributed by atoms with Crippen LogP contribution in [0.25, 0.3) is 0 Å². The third-order valence-electron chi connectivity index (χ3n) is 1.68. The number of aromatic hydroxyl groups is 1. The molecule has 1 aromatic carbocycles. The molecule has 0 saturated carbocycles. The molecule has 0 atom stereocenters. The second-order valence-corrected chi connectivity index (χ2v) is 2.59. The molecule has 0 heterocycles. The number of ether oxygens (including phenoxy) is 1. The van der Waals surface area contributed by atoms with Crippen molar-refractivity contribution in [2.45, 2.75) is 0 Å². The zero-order valence-corrected chi connectivity index (χ0v) is 7.59. The molecule has 0 bridgehead atoms. The van der Waals surface area contributed by atoms with Crippen molar-refractivity contribution in [3.8, 4) is 11.5 Å². The lowest BCUT2D eigenvalue weighted by Gasteiger charge is -2.09. The Labute approximate surface area is 83.7 Å². The zero-order valence-electron chi connectivity index (χ0n) is 7.59. The lowest BCUT2D eigenvalue weighted by Crippen LogP contribution is -2.05. The molecule has 7 heteroatoms. The number of methoxy groups -OCH3 is 1. The molecule has 0 aliphatic rings. The van der Waals surface area contributed by atoms with Gasteiger partial charge in [0, 0.05) is 6.07 Å². The van der Waals surface area contributed by atoms with E-state index in [-0.39, 0.29) is 0 Å². The summed E-state index contributed by atoms with van der Waals surface area (Å²) in [5.41, 5.74) is -1.20. The minimum absolute atomic E-state index is 0.413. The van der Waals surface area contributed by atoms with E-state index in [1.54, 1.807) is 0 Å². The van der Waals surface area contributed by atoms with Crippen molar-refractivity contribution in [2.75, 3.05) is 7.11 Å². The summed E-state index contributed by atoms with van der Waals surface area (Å²) in [5.74, 6) is -2.56. The lowest BCUT2D eigenvalue weighted by atomic mass is 10.1. The number of hydrogen-bond acceptors (Lipinski definition) is 6. The van der Waals surface area contributed by atoms with Crippen molar-refractivity contribution in [1.82, 2.24) is 0 Å². The van der Waals surface area contributed by atoms with Crippen LogP contribution in [0.5, 0.6) is 11.5 Å². The zero-order chi connectivity index (χ0) is 11.6. The SMILES string of the molecule is COC(=O)c1cc([N+](=O)[O-])c([O-])cc1O. The van der Waals surface area contributed by atoms with Crippen LogP contribution in [0.15, 0.2) is 12.1 Å². The van der Waals surface area contributed by atoms with Gasteiger partial charge in [-0.15, -0.1) is 0 Å². The Morgan fingerprint density at radius 2 is 2.13 bits per heavy atom. The van der Waals surface area contributed by atoms with E-state index < -0.39 is 33.6 Å². The highest BCUT2D eigenvalue weighted by molar-refractivity contribution is 5.93. The summed E-state index contributed by atoms with van der Waals surface area (Å²) >= 11 is 0. The number of benzene rings is 1. The molecule has 1 aromatic rings. The first kappa shape index (κ1) is 10.8. The Morgan fingerprint density at radius 3 is 2.60 bits per heavy atom. The Bertz CT molecular complexity index is 427. The average molecular weight is 212 g/mol. The fourth-order valence-corrected chi connectivity index (χ4v) is 0.974. The van der Waals surface area contributed by atoms with Crippen LogP contribution in [-0.2, 0) is 4.74 Å². The van der Waals surface area contributed by atoms with Gasteiger partial charge in [0.25, 0.3) is 5.69 Å². The molecular weight excluding hydrogens is 206 g/mol. The van der Waals surface area contributed by atoms with Crippen molar-refractivity contribution < 1.29 is 24.7 Å². The number of phenols is 1. The van der Waals surface area contributed by atoms with E-state index >= 15 is 0 Å². The molecule has 15 heavy (non-hydrogen) atoms. The Balaban J connectivity index is 3.36. The smallest absolute Gasteiger partial charge is 0.341 e. The van der Waals surface area contributed by atoms with Gasteiger partial charge >= 0.3 is 5.97 Å². The summed E-state index contributed by atoms with van der Waals surface area (Å²) in [7, 11) is 1.05. The number of phenolic OH excluding ortho intramolecular Hbond substituents is 1. The minimum atomic E-state index is -0.967. The maximum atomic E-state index is 11.0. The van der Waals surface area contributed by atoms with Crippen molar-refractivity contribution in [1.29, 1.82) is 0 Å². The first-order valence-electron chi connectivity index (χ1n) is 3.74. The number of rotatable bonds is 2. The third kappa shape index (κ3) is 1.96. The van der Waals surface area contributed by atoms with Crippen molar-refractivity contribution in [2.24, 2.45) is 0 Å². The Hall–Kier alpha value is -2.31. The number of carbonyl (C=O) groups is 1. The largest absolute Gasteiger partial charge is 0.868 e. The number of nitro groups is 1. The highest BCUT2D eigenvalue weighted by Crippen LogP contribution is 2.31. The summed E-state index contributed by atoms with van der Waals surface area (Å²) in [5, 5.41) is 30.5. The van der Waals surface area contributed by atoms with Gasteiger partial charge in [-0.1, -0.05) is 0 Å². The number of nitrogens with zero attached hydrogens (tertiary/aromatic N) is 1. The van der Waals surface area contributed by atoms with Gasteiger partial charge in [-0.05, 0) is 11.8 Å². The molecule has 1 N–H and O–H groups in total. The number of carbonyl (C=O) groups excluding carboxylic acids is 1. The maximum absolute atomic E-state index is 11.0. The van der Waals surface area contributed by atoms with E-state index in [2.05, 4.69) is 4.74 Å². The van der Waals surface area contributed by atoms with Crippen LogP contribution in [0.3, 0.4) is 0 Å². The molecule has 0 aromatic heterocycles. The maximum Gasteiger partial charge on any atom is 0.341 e. The van der Waals surface area contributed by atoms with Crippen molar-refractivity contribution in [3.05, 3.63) is 27.8 Å². The van der Waals surface area contributed by atoms with Gasteiger partial charge in [-0.2, -0.15) is 0 Å². The summed E-state index contributed by atoms with van der Waals surface area (Å²) < 4.78 is 4.27. The molecule has 0 aliphatic carbocycles. The second kappa shape index (κ2) is 3.82. The quantitative estimate of drug-likeness (QED) is 0.424. The molecule has 1 rings (SSSR count). The second-order valence-electron chi connectivity index (χ2n) is 2.59. The highest BCUT2D eigenvalue weighted by Gasteiger charge is 2.17. The monoisotopic (exact) mass is 212 g/mol. The average Bonchev–Trinajstić information content (AvgIpc) is 2.16. The lowest BCUT2D eigenvalue weighted by molar-refractivity contribution is -0.398. The van der Waals surface area contributed by atoms with Gasteiger partial charge < -0.3 is 14.9 Å². The number of nitro benzene ring substituents is 1. The van der Waals surface area contributed by atoms with Crippen LogP contribution >= 0.6 is 0 Å². The molecule has 0 amide bonds. The van der Waals surface area contributed by atoms with Gasteiger partial charge in [-0.25, -0.2) is 4.79 Å². The van der Waals surface area contributed by atoms with Gasteiger partial charge in [0.05, 0.1) is 12.0 Å². The molecule has 0 unspecified atom stereocenters. The number of esters is 1. The van der Waals surface area contributed by atoms with E-state index in [1.807, 2.05) is 0 Å². The summed E-state index contributed by atoms with van der Waals surface area (Å²) in [6.07, 6.45) is 0. The van der Waals surface area contributed by atoms with E-state index in [0.717, 1.165) is 7.11 Å². The van der Waals surface area contributed by atoms with Gasteiger partial charge in [0.1, 0.15) is 11.3 Å². The van der Waals surface area contributed by atoms with Crippen LogP contribution in [0.2, 0.25) is 0 Å². The standard InChI is InChI=1S/C8H7NO6/c1-15-8(12)4-2-5(9(13)14)7(11)3-6(4)10/h2-3,10-11H,1H3/p-1. The summed E-state index contributed by atoms with van der Waals surface area (Å²) in [6, 6.07) is 1.29. The Morgan fingerprint density at radius 1 is 1.53 bits per heavy atom. The predicted octanol–water partition coefficient (Wildman–Crippen LogP) is 0.161. The van der Waals surface area contributed by atoms with Crippen LogP contribution < -0.4 is 5.11 Å². The van der Waals surface area contributed by atoms with Gasteiger partial charge in [-0.3, -0.25) is 10.1 Å². The van der Waals surface area contributed by atoms with Crippen LogP contribution in [0.4, 0.5) is 5.69 Å². The van der Waals surface area contributed by atoms with E-state index in [0.29, 0.717) is 12.1 Å². The predicted molar refractivity (Wildman–Crippen MR) is 45.5 cm³/mol. The molecule has 7 nitrogen and oxygen atoms in total. The van der Waals surface area contributed by atoms with E-state index in [1.165, 1.54) is 0 Å². The fourth-order valence-electron chi connectivity index (χ4n) is 0.974. The molecular formula is C8H6NO6-. The first-order chi connectivity index (χ1) is 6.97. The minimum Gasteiger partial charge on any atom is -0.868 e. The Kier molecular flexibility index (Phi) is 2.75. The molecule has 0 radical (unpaired) electrons. The molecule has 0 saturated heterocycles. The first-order valence-corrected chi connectivity index (χ1v) is 3.74.